The van der Waals surface area contributed by atoms with E-state index in [2.05, 4.69) is 22.3 Å². The Morgan fingerprint density at radius 2 is 2.00 bits per heavy atom. The molecule has 1 N–H and O–H groups in total. The molecule has 0 bridgehead atoms. The number of hydrogen-bond acceptors (Lipinski definition) is 5. The highest BCUT2D eigenvalue weighted by atomic mass is 16.6. The molecular formula is C18H31N5O2. The van der Waals surface area contributed by atoms with E-state index in [4.69, 9.17) is 4.74 Å². The maximum Gasteiger partial charge on any atom is 0.410 e. The molecule has 7 heteroatoms. The van der Waals surface area contributed by atoms with Crippen LogP contribution in [0.4, 0.5) is 4.79 Å². The zero-order chi connectivity index (χ0) is 18.2. The summed E-state index contributed by atoms with van der Waals surface area (Å²) >= 11 is 0. The summed E-state index contributed by atoms with van der Waals surface area (Å²) in [6.07, 6.45) is 3.98. The van der Waals surface area contributed by atoms with Crippen LogP contribution < -0.4 is 5.32 Å². The van der Waals surface area contributed by atoms with Crippen molar-refractivity contribution in [1.82, 2.24) is 25.0 Å². The van der Waals surface area contributed by atoms with Crippen molar-refractivity contribution >= 4 is 6.09 Å². The second-order valence-electron chi connectivity index (χ2n) is 8.27. The van der Waals surface area contributed by atoms with E-state index < -0.39 is 5.60 Å². The molecule has 0 radical (unpaired) electrons. The predicted octanol–water partition coefficient (Wildman–Crippen LogP) is 2.80. The molecule has 3 heterocycles. The average molecular weight is 349 g/mol. The molecule has 1 saturated heterocycles. The number of nitrogens with one attached hydrogen (secondary N) is 1. The van der Waals surface area contributed by atoms with Gasteiger partial charge in [0.2, 0.25) is 0 Å². The maximum absolute atomic E-state index is 12.5. The molecule has 1 aromatic heterocycles. The van der Waals surface area contributed by atoms with Crippen LogP contribution in [0.15, 0.2) is 0 Å². The second kappa shape index (κ2) is 6.94. The van der Waals surface area contributed by atoms with Crippen molar-refractivity contribution in [1.29, 1.82) is 0 Å². The molecule has 1 amide bonds. The van der Waals surface area contributed by atoms with Crippen molar-refractivity contribution in [2.24, 2.45) is 0 Å². The monoisotopic (exact) mass is 349 g/mol. The number of hydrogen-bond donors (Lipinski definition) is 1. The predicted molar refractivity (Wildman–Crippen MR) is 95.3 cm³/mol. The van der Waals surface area contributed by atoms with Crippen LogP contribution in [-0.2, 0) is 11.3 Å². The Kier molecular flexibility index (Phi) is 5.04. The van der Waals surface area contributed by atoms with E-state index in [-0.39, 0.29) is 24.2 Å². The van der Waals surface area contributed by atoms with E-state index in [1.54, 1.807) is 0 Å². The summed E-state index contributed by atoms with van der Waals surface area (Å²) in [5.74, 6) is 1.85. The van der Waals surface area contributed by atoms with Crippen molar-refractivity contribution in [3.8, 4) is 0 Å². The number of carbonyl (C=O) groups is 1. The van der Waals surface area contributed by atoms with E-state index in [0.717, 1.165) is 50.4 Å². The molecule has 7 nitrogen and oxygen atoms in total. The normalized spacial score (nSPS) is 24.9. The number of aryl methyl sites for hydroxylation is 2. The van der Waals surface area contributed by atoms with E-state index in [9.17, 15) is 4.79 Å². The van der Waals surface area contributed by atoms with Crippen molar-refractivity contribution in [3.63, 3.8) is 0 Å². The SMILES string of the molecule is Cc1nc2n(n1)CCCC2NC(C)C1CCCN1C(=O)OC(C)(C)C. The van der Waals surface area contributed by atoms with Gasteiger partial charge in [-0.3, -0.25) is 0 Å². The third-order valence-electron chi connectivity index (χ3n) is 4.95. The van der Waals surface area contributed by atoms with Gasteiger partial charge in [0.25, 0.3) is 0 Å². The average Bonchev–Trinajstić information content (AvgIpc) is 3.11. The van der Waals surface area contributed by atoms with Gasteiger partial charge in [0.15, 0.2) is 0 Å². The molecule has 1 fully saturated rings. The van der Waals surface area contributed by atoms with E-state index in [1.807, 2.05) is 37.3 Å². The Hall–Kier alpha value is -1.63. The first-order valence-corrected chi connectivity index (χ1v) is 9.41. The van der Waals surface area contributed by atoms with Crippen molar-refractivity contribution in [3.05, 3.63) is 11.6 Å². The Morgan fingerprint density at radius 3 is 2.72 bits per heavy atom. The Bertz CT molecular complexity index is 621. The number of ether oxygens (including phenoxy) is 1. The maximum atomic E-state index is 12.5. The molecule has 3 unspecified atom stereocenters. The fourth-order valence-corrected chi connectivity index (χ4v) is 3.91. The van der Waals surface area contributed by atoms with E-state index >= 15 is 0 Å². The van der Waals surface area contributed by atoms with Gasteiger partial charge >= 0.3 is 6.09 Å². The number of carbonyl (C=O) groups excluding carboxylic acids is 1. The van der Waals surface area contributed by atoms with E-state index in [0.29, 0.717) is 0 Å². The fraction of sp³-hybridized carbons (Fsp3) is 0.833. The summed E-state index contributed by atoms with van der Waals surface area (Å²) in [5.41, 5.74) is -0.460. The van der Waals surface area contributed by atoms with Gasteiger partial charge in [-0.15, -0.1) is 0 Å². The minimum Gasteiger partial charge on any atom is -0.444 e. The molecule has 2 aliphatic rings. The Balaban J connectivity index is 1.66. The van der Waals surface area contributed by atoms with Crippen LogP contribution >= 0.6 is 0 Å². The van der Waals surface area contributed by atoms with Gasteiger partial charge in [0.1, 0.15) is 17.2 Å². The third kappa shape index (κ3) is 4.14. The largest absolute Gasteiger partial charge is 0.444 e. The lowest BCUT2D eigenvalue weighted by molar-refractivity contribution is 0.0195. The standard InChI is InChI=1S/C18H31N5O2/c1-12(15-9-7-10-22(15)17(24)25-18(3,4)5)19-14-8-6-11-23-16(14)20-13(2)21-23/h12,14-15,19H,6-11H2,1-5H3. The summed E-state index contributed by atoms with van der Waals surface area (Å²) in [5, 5.41) is 8.18. The number of nitrogens with zero attached hydrogens (tertiary/aromatic N) is 4. The van der Waals surface area contributed by atoms with Gasteiger partial charge < -0.3 is 15.0 Å². The van der Waals surface area contributed by atoms with Crippen LogP contribution in [-0.4, -0.2) is 50.0 Å². The molecule has 3 rings (SSSR count). The van der Waals surface area contributed by atoms with Gasteiger partial charge in [-0.25, -0.2) is 14.5 Å². The molecule has 25 heavy (non-hydrogen) atoms. The number of likely N-dealkylation sites (tertiary alicyclic amines) is 1. The minimum atomic E-state index is -0.460. The first-order chi connectivity index (χ1) is 11.7. The first kappa shape index (κ1) is 18.2. The van der Waals surface area contributed by atoms with Gasteiger partial charge in [-0.05, 0) is 60.3 Å². The molecular weight excluding hydrogens is 318 g/mol. The minimum absolute atomic E-state index is 0.161. The van der Waals surface area contributed by atoms with Gasteiger partial charge in [0, 0.05) is 19.1 Å². The quantitative estimate of drug-likeness (QED) is 0.908. The topological polar surface area (TPSA) is 72.3 Å². The summed E-state index contributed by atoms with van der Waals surface area (Å²) in [6, 6.07) is 0.545. The molecule has 140 valence electrons. The van der Waals surface area contributed by atoms with Crippen LogP contribution in [0.25, 0.3) is 0 Å². The summed E-state index contributed by atoms with van der Waals surface area (Å²) in [4.78, 5) is 19.0. The number of fused-ring (bicyclic) bond motifs is 1. The highest BCUT2D eigenvalue weighted by molar-refractivity contribution is 5.69. The highest BCUT2D eigenvalue weighted by Crippen LogP contribution is 2.27. The first-order valence-electron chi connectivity index (χ1n) is 9.41. The lowest BCUT2D eigenvalue weighted by Crippen LogP contribution is -2.50. The Labute approximate surface area is 150 Å². The van der Waals surface area contributed by atoms with Crippen molar-refractivity contribution in [2.45, 2.75) is 90.6 Å². The lowest BCUT2D eigenvalue weighted by atomic mass is 10.0. The van der Waals surface area contributed by atoms with Crippen molar-refractivity contribution < 1.29 is 9.53 Å². The van der Waals surface area contributed by atoms with Crippen LogP contribution in [0.3, 0.4) is 0 Å². The smallest absolute Gasteiger partial charge is 0.410 e. The summed E-state index contributed by atoms with van der Waals surface area (Å²) < 4.78 is 7.60. The number of amides is 1. The molecule has 1 aromatic rings. The van der Waals surface area contributed by atoms with Crippen LogP contribution in [0, 0.1) is 6.92 Å². The zero-order valence-corrected chi connectivity index (χ0v) is 16.1. The summed E-state index contributed by atoms with van der Waals surface area (Å²) in [6.45, 7) is 11.5. The second-order valence-corrected chi connectivity index (χ2v) is 8.27. The molecule has 3 atom stereocenters. The fourth-order valence-electron chi connectivity index (χ4n) is 3.91. The Morgan fingerprint density at radius 1 is 1.28 bits per heavy atom. The van der Waals surface area contributed by atoms with Gasteiger partial charge in [-0.1, -0.05) is 0 Å². The van der Waals surface area contributed by atoms with Gasteiger partial charge in [-0.2, -0.15) is 5.10 Å². The molecule has 0 saturated carbocycles. The number of rotatable bonds is 3. The van der Waals surface area contributed by atoms with Crippen LogP contribution in [0.5, 0.6) is 0 Å². The molecule has 0 spiro atoms. The molecule has 0 aromatic carbocycles. The summed E-state index contributed by atoms with van der Waals surface area (Å²) in [7, 11) is 0. The zero-order valence-electron chi connectivity index (χ0n) is 16.1. The van der Waals surface area contributed by atoms with Crippen molar-refractivity contribution in [2.75, 3.05) is 6.54 Å². The molecule has 0 aliphatic carbocycles. The third-order valence-corrected chi connectivity index (χ3v) is 4.95. The molecule has 2 aliphatic heterocycles. The number of aromatic nitrogens is 3. The van der Waals surface area contributed by atoms with E-state index in [1.165, 1.54) is 0 Å². The lowest BCUT2D eigenvalue weighted by Gasteiger charge is -2.34. The highest BCUT2D eigenvalue weighted by Gasteiger charge is 2.37. The van der Waals surface area contributed by atoms with Crippen LogP contribution in [0.2, 0.25) is 0 Å². The van der Waals surface area contributed by atoms with Crippen LogP contribution in [0.1, 0.15) is 71.1 Å². The van der Waals surface area contributed by atoms with Gasteiger partial charge in [0.05, 0.1) is 12.1 Å².